The van der Waals surface area contributed by atoms with Gasteiger partial charge >= 0.3 is 0 Å². The lowest BCUT2D eigenvalue weighted by atomic mass is 9.97. The lowest BCUT2D eigenvalue weighted by Gasteiger charge is -2.36. The Morgan fingerprint density at radius 1 is 1.09 bits per heavy atom. The predicted molar refractivity (Wildman–Crippen MR) is 91.8 cm³/mol. The van der Waals surface area contributed by atoms with Crippen LogP contribution in [0.5, 0.6) is 0 Å². The van der Waals surface area contributed by atoms with Crippen molar-refractivity contribution in [2.45, 2.75) is 45.7 Å². The van der Waals surface area contributed by atoms with Gasteiger partial charge in [-0.15, -0.1) is 0 Å². The van der Waals surface area contributed by atoms with Gasteiger partial charge in [-0.3, -0.25) is 0 Å². The van der Waals surface area contributed by atoms with Crippen molar-refractivity contribution in [3.05, 3.63) is 60.2 Å². The second-order valence-corrected chi connectivity index (χ2v) is 6.70. The van der Waals surface area contributed by atoms with Gasteiger partial charge in [-0.05, 0) is 41.7 Å². The van der Waals surface area contributed by atoms with Crippen molar-refractivity contribution < 1.29 is 14.5 Å². The summed E-state index contributed by atoms with van der Waals surface area (Å²) in [5, 5.41) is 2.37. The first-order valence-electron chi connectivity index (χ1n) is 8.16. The Bertz CT molecular complexity index is 692. The molecular formula is C20H24O3. The summed E-state index contributed by atoms with van der Waals surface area (Å²) >= 11 is 0. The average Bonchev–Trinajstić information content (AvgIpc) is 2.53. The van der Waals surface area contributed by atoms with Gasteiger partial charge in [0.2, 0.25) is 6.29 Å². The van der Waals surface area contributed by atoms with E-state index in [1.807, 2.05) is 25.1 Å². The van der Waals surface area contributed by atoms with Gasteiger partial charge in [0.1, 0.15) is 6.10 Å². The second-order valence-electron chi connectivity index (χ2n) is 6.70. The SMILES string of the molecule is C=C(C)[C@@H]1OO[C@@H](c2ccc3ccccc3c2)O[C@H]1CC(C)C. The maximum atomic E-state index is 6.20. The molecule has 0 saturated carbocycles. The molecule has 0 radical (unpaired) electrons. The zero-order valence-corrected chi connectivity index (χ0v) is 14.0. The summed E-state index contributed by atoms with van der Waals surface area (Å²) in [7, 11) is 0. The lowest BCUT2D eigenvalue weighted by molar-refractivity contribution is -0.457. The Labute approximate surface area is 137 Å². The van der Waals surface area contributed by atoms with Gasteiger partial charge < -0.3 is 4.74 Å². The third kappa shape index (κ3) is 3.63. The highest BCUT2D eigenvalue weighted by Gasteiger charge is 2.35. The molecule has 3 rings (SSSR count). The van der Waals surface area contributed by atoms with Crippen LogP contribution < -0.4 is 0 Å². The van der Waals surface area contributed by atoms with Crippen LogP contribution in [0.4, 0.5) is 0 Å². The molecule has 1 saturated heterocycles. The van der Waals surface area contributed by atoms with E-state index in [1.165, 1.54) is 10.8 Å². The summed E-state index contributed by atoms with van der Waals surface area (Å²) in [6.45, 7) is 10.3. The minimum absolute atomic E-state index is 0.0438. The van der Waals surface area contributed by atoms with Crippen LogP contribution >= 0.6 is 0 Å². The van der Waals surface area contributed by atoms with Crippen LogP contribution in [-0.2, 0) is 14.5 Å². The van der Waals surface area contributed by atoms with Crippen LogP contribution in [0.15, 0.2) is 54.6 Å². The molecule has 0 aromatic heterocycles. The fourth-order valence-electron chi connectivity index (χ4n) is 2.96. The van der Waals surface area contributed by atoms with Crippen molar-refractivity contribution in [3.63, 3.8) is 0 Å². The van der Waals surface area contributed by atoms with Crippen molar-refractivity contribution in [2.75, 3.05) is 0 Å². The van der Waals surface area contributed by atoms with Gasteiger partial charge in [0.15, 0.2) is 0 Å². The Balaban J connectivity index is 1.83. The fraction of sp³-hybridized carbons (Fsp3) is 0.400. The fourth-order valence-corrected chi connectivity index (χ4v) is 2.96. The molecule has 1 heterocycles. The molecule has 23 heavy (non-hydrogen) atoms. The molecule has 3 atom stereocenters. The summed E-state index contributed by atoms with van der Waals surface area (Å²) < 4.78 is 6.20. The maximum Gasteiger partial charge on any atom is 0.217 e. The van der Waals surface area contributed by atoms with E-state index >= 15 is 0 Å². The molecule has 0 amide bonds. The summed E-state index contributed by atoms with van der Waals surface area (Å²) in [5.74, 6) is 0.515. The topological polar surface area (TPSA) is 27.7 Å². The molecule has 0 spiro atoms. The first kappa shape index (κ1) is 16.2. The summed E-state index contributed by atoms with van der Waals surface area (Å²) in [6.07, 6.45) is 0.149. The Morgan fingerprint density at radius 2 is 1.83 bits per heavy atom. The van der Waals surface area contributed by atoms with E-state index in [-0.39, 0.29) is 12.2 Å². The standard InChI is InChI=1S/C20H24O3/c1-13(2)11-18-19(14(3)4)22-23-20(21-18)17-10-9-15-7-5-6-8-16(15)12-17/h5-10,12-13,18-20H,3,11H2,1-2,4H3/t18-,19-,20-/m0/s1. The highest BCUT2D eigenvalue weighted by Crippen LogP contribution is 2.34. The number of ether oxygens (including phenoxy) is 1. The predicted octanol–water partition coefficient (Wildman–Crippen LogP) is 5.18. The normalized spacial score (nSPS) is 25.0. The van der Waals surface area contributed by atoms with E-state index in [9.17, 15) is 0 Å². The minimum atomic E-state index is -0.501. The Morgan fingerprint density at radius 3 is 2.52 bits per heavy atom. The molecule has 0 aliphatic carbocycles. The molecule has 0 unspecified atom stereocenters. The van der Waals surface area contributed by atoms with E-state index in [4.69, 9.17) is 14.5 Å². The van der Waals surface area contributed by atoms with Gasteiger partial charge in [-0.25, -0.2) is 4.89 Å². The third-order valence-electron chi connectivity index (χ3n) is 4.12. The molecule has 2 aromatic rings. The Kier molecular flexibility index (Phi) is 4.81. The van der Waals surface area contributed by atoms with Crippen LogP contribution in [0.3, 0.4) is 0 Å². The van der Waals surface area contributed by atoms with Crippen molar-refractivity contribution >= 4 is 10.8 Å². The van der Waals surface area contributed by atoms with Crippen molar-refractivity contribution in [2.24, 2.45) is 5.92 Å². The molecule has 1 fully saturated rings. The van der Waals surface area contributed by atoms with E-state index in [0.29, 0.717) is 5.92 Å². The Hall–Kier alpha value is -1.68. The molecule has 3 heteroatoms. The van der Waals surface area contributed by atoms with Crippen molar-refractivity contribution in [3.8, 4) is 0 Å². The van der Waals surface area contributed by atoms with E-state index in [1.54, 1.807) is 0 Å². The van der Waals surface area contributed by atoms with Gasteiger partial charge in [-0.1, -0.05) is 56.8 Å². The number of rotatable bonds is 4. The zero-order valence-electron chi connectivity index (χ0n) is 14.0. The van der Waals surface area contributed by atoms with Crippen LogP contribution in [0, 0.1) is 5.92 Å². The third-order valence-corrected chi connectivity index (χ3v) is 4.12. The molecule has 2 aromatic carbocycles. The lowest BCUT2D eigenvalue weighted by Crippen LogP contribution is -2.40. The quantitative estimate of drug-likeness (QED) is 0.575. The maximum absolute atomic E-state index is 6.20. The minimum Gasteiger partial charge on any atom is -0.340 e. The van der Waals surface area contributed by atoms with Crippen molar-refractivity contribution in [1.82, 2.24) is 0 Å². The average molecular weight is 312 g/mol. The molecule has 0 bridgehead atoms. The van der Waals surface area contributed by atoms with Gasteiger partial charge in [0.05, 0.1) is 6.10 Å². The van der Waals surface area contributed by atoms with E-state index in [0.717, 1.165) is 17.6 Å². The monoisotopic (exact) mass is 312 g/mol. The van der Waals surface area contributed by atoms with Crippen LogP contribution in [0.25, 0.3) is 10.8 Å². The molecular weight excluding hydrogens is 288 g/mol. The summed E-state index contributed by atoms with van der Waals surface area (Å²) in [5.41, 5.74) is 1.89. The molecule has 1 aliphatic rings. The number of fused-ring (bicyclic) bond motifs is 1. The van der Waals surface area contributed by atoms with Gasteiger partial charge in [0.25, 0.3) is 0 Å². The molecule has 1 aliphatic heterocycles. The highest BCUT2D eigenvalue weighted by molar-refractivity contribution is 5.83. The van der Waals surface area contributed by atoms with Crippen LogP contribution in [-0.4, -0.2) is 12.2 Å². The zero-order chi connectivity index (χ0) is 16.4. The summed E-state index contributed by atoms with van der Waals surface area (Å²) in [6, 6.07) is 14.5. The van der Waals surface area contributed by atoms with Crippen LogP contribution in [0.1, 0.15) is 39.0 Å². The second kappa shape index (κ2) is 6.83. The first-order chi connectivity index (χ1) is 11.0. The smallest absolute Gasteiger partial charge is 0.217 e. The first-order valence-corrected chi connectivity index (χ1v) is 8.16. The largest absolute Gasteiger partial charge is 0.340 e. The van der Waals surface area contributed by atoms with Gasteiger partial charge in [-0.2, -0.15) is 4.89 Å². The van der Waals surface area contributed by atoms with Crippen LogP contribution in [0.2, 0.25) is 0 Å². The molecule has 122 valence electrons. The summed E-state index contributed by atoms with van der Waals surface area (Å²) in [4.78, 5) is 11.1. The molecule has 0 N–H and O–H groups in total. The van der Waals surface area contributed by atoms with E-state index < -0.39 is 6.29 Å². The van der Waals surface area contributed by atoms with Crippen molar-refractivity contribution in [1.29, 1.82) is 0 Å². The van der Waals surface area contributed by atoms with E-state index in [2.05, 4.69) is 44.7 Å². The highest BCUT2D eigenvalue weighted by atomic mass is 17.2. The number of hydrogen-bond acceptors (Lipinski definition) is 3. The number of hydrogen-bond donors (Lipinski definition) is 0. The molecule has 3 nitrogen and oxygen atoms in total. The number of benzene rings is 2. The van der Waals surface area contributed by atoms with Gasteiger partial charge in [0, 0.05) is 5.56 Å².